The van der Waals surface area contributed by atoms with E-state index in [1.54, 1.807) is 12.1 Å². The minimum atomic E-state index is -0.387. The summed E-state index contributed by atoms with van der Waals surface area (Å²) in [6.07, 6.45) is 2.60. The first-order chi connectivity index (χ1) is 10.1. The standard InChI is InChI=1S/C16H22N2O3/c1-11-13(16(20)21-2)4-3-5-14(11)18-15(19)10-12-6-8-17-9-7-12/h3-5,12,17H,6-10H2,1-2H3,(H,18,19). The Morgan fingerprint density at radius 3 is 2.71 bits per heavy atom. The molecule has 1 amide bonds. The monoisotopic (exact) mass is 290 g/mol. The fourth-order valence-corrected chi connectivity index (χ4v) is 2.65. The molecule has 0 unspecified atom stereocenters. The van der Waals surface area contributed by atoms with E-state index in [-0.39, 0.29) is 11.9 Å². The van der Waals surface area contributed by atoms with E-state index in [0.717, 1.165) is 31.5 Å². The molecule has 5 heteroatoms. The molecule has 0 spiro atoms. The van der Waals surface area contributed by atoms with Crippen molar-refractivity contribution < 1.29 is 14.3 Å². The highest BCUT2D eigenvalue weighted by atomic mass is 16.5. The third-order valence-electron chi connectivity index (χ3n) is 3.95. The van der Waals surface area contributed by atoms with Crippen LogP contribution in [0, 0.1) is 12.8 Å². The molecule has 1 aliphatic rings. The van der Waals surface area contributed by atoms with Gasteiger partial charge in [-0.15, -0.1) is 0 Å². The zero-order valence-corrected chi connectivity index (χ0v) is 12.6. The number of anilines is 1. The Kier molecular flexibility index (Phi) is 5.33. The summed E-state index contributed by atoms with van der Waals surface area (Å²) in [6.45, 7) is 3.77. The number of methoxy groups -OCH3 is 1. The van der Waals surface area contributed by atoms with E-state index < -0.39 is 0 Å². The second kappa shape index (κ2) is 7.22. The topological polar surface area (TPSA) is 67.4 Å². The predicted molar refractivity (Wildman–Crippen MR) is 81.4 cm³/mol. The van der Waals surface area contributed by atoms with Gasteiger partial charge in [0.05, 0.1) is 12.7 Å². The molecule has 114 valence electrons. The summed E-state index contributed by atoms with van der Waals surface area (Å²) >= 11 is 0. The number of benzene rings is 1. The Bertz CT molecular complexity index is 522. The average Bonchev–Trinajstić information content (AvgIpc) is 2.49. The van der Waals surface area contributed by atoms with E-state index in [1.165, 1.54) is 7.11 Å². The van der Waals surface area contributed by atoms with Gasteiger partial charge in [-0.1, -0.05) is 6.07 Å². The van der Waals surface area contributed by atoms with Gasteiger partial charge in [0.1, 0.15) is 0 Å². The van der Waals surface area contributed by atoms with Crippen LogP contribution in [-0.2, 0) is 9.53 Å². The minimum Gasteiger partial charge on any atom is -0.465 e. The molecular formula is C16H22N2O3. The van der Waals surface area contributed by atoms with Crippen LogP contribution in [0.4, 0.5) is 5.69 Å². The Morgan fingerprint density at radius 2 is 2.05 bits per heavy atom. The molecule has 0 bridgehead atoms. The van der Waals surface area contributed by atoms with Gasteiger partial charge in [0.25, 0.3) is 0 Å². The van der Waals surface area contributed by atoms with Gasteiger partial charge in [-0.05, 0) is 56.5 Å². The Morgan fingerprint density at radius 1 is 1.33 bits per heavy atom. The summed E-state index contributed by atoms with van der Waals surface area (Å²) in [4.78, 5) is 23.8. The lowest BCUT2D eigenvalue weighted by Crippen LogP contribution is -2.30. The van der Waals surface area contributed by atoms with Crippen molar-refractivity contribution in [3.63, 3.8) is 0 Å². The number of piperidine rings is 1. The van der Waals surface area contributed by atoms with Crippen molar-refractivity contribution in [1.82, 2.24) is 5.32 Å². The van der Waals surface area contributed by atoms with Crippen LogP contribution < -0.4 is 10.6 Å². The summed E-state index contributed by atoms with van der Waals surface area (Å²) in [5, 5.41) is 6.20. The molecule has 1 aliphatic heterocycles. The van der Waals surface area contributed by atoms with Crippen molar-refractivity contribution in [3.05, 3.63) is 29.3 Å². The number of carbonyl (C=O) groups is 2. The first kappa shape index (κ1) is 15.5. The largest absolute Gasteiger partial charge is 0.465 e. The summed E-state index contributed by atoms with van der Waals surface area (Å²) in [6, 6.07) is 5.26. The van der Waals surface area contributed by atoms with Gasteiger partial charge in [-0.3, -0.25) is 4.79 Å². The van der Waals surface area contributed by atoms with E-state index in [1.807, 2.05) is 13.0 Å². The van der Waals surface area contributed by atoms with Gasteiger partial charge < -0.3 is 15.4 Å². The van der Waals surface area contributed by atoms with Crippen molar-refractivity contribution in [2.24, 2.45) is 5.92 Å². The van der Waals surface area contributed by atoms with Gasteiger partial charge in [-0.2, -0.15) is 0 Å². The molecule has 2 N–H and O–H groups in total. The third kappa shape index (κ3) is 4.04. The lowest BCUT2D eigenvalue weighted by Gasteiger charge is -2.22. The summed E-state index contributed by atoms with van der Waals surface area (Å²) in [5.41, 5.74) is 1.90. The number of rotatable bonds is 4. The number of amides is 1. The van der Waals surface area contributed by atoms with Crippen LogP contribution in [0.5, 0.6) is 0 Å². The van der Waals surface area contributed by atoms with E-state index in [2.05, 4.69) is 10.6 Å². The maximum atomic E-state index is 12.1. The van der Waals surface area contributed by atoms with E-state index in [9.17, 15) is 9.59 Å². The molecule has 21 heavy (non-hydrogen) atoms. The molecule has 0 saturated carbocycles. The number of esters is 1. The van der Waals surface area contributed by atoms with Crippen LogP contribution in [-0.4, -0.2) is 32.1 Å². The molecule has 0 aromatic heterocycles. The Balaban J connectivity index is 2.01. The first-order valence-corrected chi connectivity index (χ1v) is 7.30. The second-order valence-electron chi connectivity index (χ2n) is 5.42. The molecule has 0 aliphatic carbocycles. The highest BCUT2D eigenvalue weighted by Gasteiger charge is 2.18. The number of nitrogens with one attached hydrogen (secondary N) is 2. The normalized spacial score (nSPS) is 15.5. The highest BCUT2D eigenvalue weighted by molar-refractivity contribution is 5.96. The fourth-order valence-electron chi connectivity index (χ4n) is 2.65. The maximum Gasteiger partial charge on any atom is 0.338 e. The number of hydrogen-bond acceptors (Lipinski definition) is 4. The van der Waals surface area contributed by atoms with Crippen molar-refractivity contribution in [2.45, 2.75) is 26.2 Å². The van der Waals surface area contributed by atoms with E-state index >= 15 is 0 Å². The van der Waals surface area contributed by atoms with Crippen LogP contribution >= 0.6 is 0 Å². The molecule has 0 atom stereocenters. The quantitative estimate of drug-likeness (QED) is 0.833. The van der Waals surface area contributed by atoms with Crippen LogP contribution in [0.3, 0.4) is 0 Å². The number of carbonyl (C=O) groups excluding carboxylic acids is 2. The van der Waals surface area contributed by atoms with E-state index in [0.29, 0.717) is 23.6 Å². The molecule has 1 fully saturated rings. The maximum absolute atomic E-state index is 12.1. The summed E-state index contributed by atoms with van der Waals surface area (Å²) in [5.74, 6) is 0.0596. The van der Waals surface area contributed by atoms with Crippen LogP contribution in [0.15, 0.2) is 18.2 Å². The Hall–Kier alpha value is -1.88. The molecule has 2 rings (SSSR count). The fraction of sp³-hybridized carbons (Fsp3) is 0.500. The van der Waals surface area contributed by atoms with Crippen molar-refractivity contribution in [3.8, 4) is 0 Å². The minimum absolute atomic E-state index is 0.00650. The smallest absolute Gasteiger partial charge is 0.338 e. The van der Waals surface area contributed by atoms with Crippen LogP contribution in [0.25, 0.3) is 0 Å². The summed E-state index contributed by atoms with van der Waals surface area (Å²) < 4.78 is 4.74. The lowest BCUT2D eigenvalue weighted by atomic mass is 9.94. The van der Waals surface area contributed by atoms with Crippen LogP contribution in [0.1, 0.15) is 35.2 Å². The van der Waals surface area contributed by atoms with E-state index in [4.69, 9.17) is 4.74 Å². The zero-order valence-electron chi connectivity index (χ0n) is 12.6. The molecule has 1 saturated heterocycles. The van der Waals surface area contributed by atoms with Gasteiger partial charge in [0, 0.05) is 12.1 Å². The first-order valence-electron chi connectivity index (χ1n) is 7.30. The molecule has 5 nitrogen and oxygen atoms in total. The number of hydrogen-bond donors (Lipinski definition) is 2. The van der Waals surface area contributed by atoms with Crippen molar-refractivity contribution >= 4 is 17.6 Å². The van der Waals surface area contributed by atoms with Gasteiger partial charge in [-0.25, -0.2) is 4.79 Å². The van der Waals surface area contributed by atoms with Gasteiger partial charge in [0.15, 0.2) is 0 Å². The molecular weight excluding hydrogens is 268 g/mol. The highest BCUT2D eigenvalue weighted by Crippen LogP contribution is 2.21. The number of ether oxygens (including phenoxy) is 1. The third-order valence-corrected chi connectivity index (χ3v) is 3.95. The molecule has 1 aromatic rings. The van der Waals surface area contributed by atoms with Gasteiger partial charge in [0.2, 0.25) is 5.91 Å². The average molecular weight is 290 g/mol. The van der Waals surface area contributed by atoms with Gasteiger partial charge >= 0.3 is 5.97 Å². The predicted octanol–water partition coefficient (Wildman–Crippen LogP) is 2.11. The van der Waals surface area contributed by atoms with Crippen LogP contribution in [0.2, 0.25) is 0 Å². The lowest BCUT2D eigenvalue weighted by molar-refractivity contribution is -0.117. The Labute approximate surface area is 125 Å². The van der Waals surface area contributed by atoms with Crippen molar-refractivity contribution in [1.29, 1.82) is 0 Å². The SMILES string of the molecule is COC(=O)c1cccc(NC(=O)CC2CCNCC2)c1C. The zero-order chi connectivity index (χ0) is 15.2. The van der Waals surface area contributed by atoms with Crippen molar-refractivity contribution in [2.75, 3.05) is 25.5 Å². The molecule has 1 aromatic carbocycles. The summed E-state index contributed by atoms with van der Waals surface area (Å²) in [7, 11) is 1.35. The second-order valence-corrected chi connectivity index (χ2v) is 5.42. The molecule has 1 heterocycles. The molecule has 0 radical (unpaired) electrons.